The Morgan fingerprint density at radius 1 is 0.950 bits per heavy atom. The molecule has 0 heterocycles. The van der Waals surface area contributed by atoms with Crippen LogP contribution in [0.15, 0.2) is 42.5 Å². The van der Waals surface area contributed by atoms with Crippen molar-refractivity contribution >= 4 is 34.0 Å². The molecule has 0 aliphatic carbocycles. The molecule has 0 unspecified atom stereocenters. The maximum Gasteiger partial charge on any atom is 0.349 e. The van der Waals surface area contributed by atoms with Crippen LogP contribution in [0.4, 0.5) is 11.4 Å². The van der Waals surface area contributed by atoms with Gasteiger partial charge in [0.05, 0.1) is 19.5 Å². The first-order valence-electron chi connectivity index (χ1n) is 5.34. The third-order valence-electron chi connectivity index (χ3n) is 2.40. The summed E-state index contributed by atoms with van der Waals surface area (Å²) in [5.41, 5.74) is -1.16. The largest absolute Gasteiger partial charge is 0.456 e. The van der Waals surface area contributed by atoms with E-state index in [9.17, 15) is 20.2 Å². The molecule has 2 aromatic carbocycles. The molecular formula is C12H7IN2O5. The number of nitrogens with zero attached hydrogens (tertiary/aromatic N) is 2. The molecule has 0 saturated heterocycles. The fourth-order valence-corrected chi connectivity index (χ4v) is 2.02. The predicted octanol–water partition coefficient (Wildman–Crippen LogP) is 3.90. The molecular weight excluding hydrogens is 379 g/mol. The highest BCUT2D eigenvalue weighted by Crippen LogP contribution is 2.33. The molecule has 7 nitrogen and oxygen atoms in total. The minimum absolute atomic E-state index is 0.173. The number of hydrogen-bond acceptors (Lipinski definition) is 5. The number of benzene rings is 2. The lowest BCUT2D eigenvalue weighted by Gasteiger charge is -2.07. The van der Waals surface area contributed by atoms with Crippen LogP contribution in [0.5, 0.6) is 11.5 Å². The van der Waals surface area contributed by atoms with Gasteiger partial charge < -0.3 is 4.74 Å². The van der Waals surface area contributed by atoms with E-state index in [0.717, 1.165) is 15.7 Å². The van der Waals surface area contributed by atoms with Gasteiger partial charge in [-0.15, -0.1) is 0 Å². The van der Waals surface area contributed by atoms with Crippen molar-refractivity contribution in [2.24, 2.45) is 0 Å². The Morgan fingerprint density at radius 2 is 1.60 bits per heavy atom. The summed E-state index contributed by atoms with van der Waals surface area (Å²) in [6, 6.07) is 10.5. The third kappa shape index (κ3) is 3.02. The summed E-state index contributed by atoms with van der Waals surface area (Å²) < 4.78 is 6.33. The summed E-state index contributed by atoms with van der Waals surface area (Å²) >= 11 is 2.06. The van der Waals surface area contributed by atoms with E-state index < -0.39 is 21.2 Å². The topological polar surface area (TPSA) is 95.5 Å². The summed E-state index contributed by atoms with van der Waals surface area (Å²) in [7, 11) is 0. The van der Waals surface area contributed by atoms with Crippen molar-refractivity contribution in [3.8, 4) is 11.5 Å². The summed E-state index contributed by atoms with van der Waals surface area (Å²) in [6.07, 6.45) is 0. The second kappa shape index (κ2) is 5.82. The molecule has 0 bridgehead atoms. The Kier molecular flexibility index (Phi) is 4.13. The quantitative estimate of drug-likeness (QED) is 0.451. The van der Waals surface area contributed by atoms with Crippen LogP contribution >= 0.6 is 22.6 Å². The maximum atomic E-state index is 10.8. The number of nitro benzene ring substituents is 2. The molecule has 0 aliphatic heterocycles. The lowest BCUT2D eigenvalue weighted by Crippen LogP contribution is -1.97. The second-order valence-corrected chi connectivity index (χ2v) is 4.86. The van der Waals surface area contributed by atoms with Crippen molar-refractivity contribution in [3.63, 3.8) is 0 Å². The monoisotopic (exact) mass is 386 g/mol. The molecule has 0 N–H and O–H groups in total. The van der Waals surface area contributed by atoms with E-state index in [4.69, 9.17) is 4.74 Å². The molecule has 0 amide bonds. The van der Waals surface area contributed by atoms with Crippen LogP contribution in [0.25, 0.3) is 0 Å². The van der Waals surface area contributed by atoms with Gasteiger partial charge in [0.2, 0.25) is 0 Å². The van der Waals surface area contributed by atoms with Crippen molar-refractivity contribution in [3.05, 3.63) is 66.3 Å². The zero-order valence-corrected chi connectivity index (χ0v) is 12.0. The average Bonchev–Trinajstić information content (AvgIpc) is 2.41. The van der Waals surface area contributed by atoms with Gasteiger partial charge >= 0.3 is 11.4 Å². The van der Waals surface area contributed by atoms with Crippen molar-refractivity contribution < 1.29 is 14.6 Å². The van der Waals surface area contributed by atoms with Gasteiger partial charge in [0.25, 0.3) is 0 Å². The fraction of sp³-hybridized carbons (Fsp3) is 0. The van der Waals surface area contributed by atoms with E-state index >= 15 is 0 Å². The summed E-state index contributed by atoms with van der Waals surface area (Å²) in [4.78, 5) is 19.9. The van der Waals surface area contributed by atoms with Gasteiger partial charge in [0, 0.05) is 6.07 Å². The lowest BCUT2D eigenvalue weighted by molar-refractivity contribution is -0.422. The number of ether oxygens (including phenoxy) is 1. The van der Waals surface area contributed by atoms with Crippen LogP contribution in [0, 0.1) is 23.8 Å². The Bertz CT molecular complexity index is 689. The van der Waals surface area contributed by atoms with E-state index in [-0.39, 0.29) is 5.75 Å². The van der Waals surface area contributed by atoms with Gasteiger partial charge in [-0.2, -0.15) is 0 Å². The average molecular weight is 386 g/mol. The van der Waals surface area contributed by atoms with Gasteiger partial charge in [-0.25, -0.2) is 0 Å². The van der Waals surface area contributed by atoms with Crippen LogP contribution in [-0.4, -0.2) is 9.85 Å². The van der Waals surface area contributed by atoms with Crippen LogP contribution in [-0.2, 0) is 0 Å². The Balaban J connectivity index is 2.40. The van der Waals surface area contributed by atoms with E-state index in [1.165, 1.54) is 6.07 Å². The Morgan fingerprint density at radius 3 is 2.20 bits per heavy atom. The van der Waals surface area contributed by atoms with Gasteiger partial charge in [0.1, 0.15) is 11.5 Å². The van der Waals surface area contributed by atoms with Gasteiger partial charge in [-0.05, 0) is 40.8 Å². The SMILES string of the molecule is O=[N+]([O-])c1ccc(Oc2ccccc2I)cc1[N+](=O)[O-]. The highest BCUT2D eigenvalue weighted by Gasteiger charge is 2.24. The maximum absolute atomic E-state index is 10.8. The zero-order chi connectivity index (χ0) is 14.7. The van der Waals surface area contributed by atoms with Crippen LogP contribution in [0.1, 0.15) is 0 Å². The molecule has 20 heavy (non-hydrogen) atoms. The number of para-hydroxylation sites is 1. The smallest absolute Gasteiger partial charge is 0.349 e. The van der Waals surface area contributed by atoms with Crippen molar-refractivity contribution in [2.75, 3.05) is 0 Å². The van der Waals surface area contributed by atoms with E-state index in [1.54, 1.807) is 12.1 Å². The standard InChI is InChI=1S/C12H7IN2O5/c13-9-3-1-2-4-12(9)20-8-5-6-10(14(16)17)11(7-8)15(18)19/h1-7H. The van der Waals surface area contributed by atoms with Crippen LogP contribution < -0.4 is 4.74 Å². The summed E-state index contributed by atoms with van der Waals surface area (Å²) in [5, 5.41) is 21.6. The van der Waals surface area contributed by atoms with E-state index in [2.05, 4.69) is 22.6 Å². The van der Waals surface area contributed by atoms with Crippen molar-refractivity contribution in [1.29, 1.82) is 0 Å². The van der Waals surface area contributed by atoms with E-state index in [1.807, 2.05) is 12.1 Å². The van der Waals surface area contributed by atoms with E-state index in [0.29, 0.717) is 5.75 Å². The Hall–Kier alpha value is -2.23. The molecule has 2 aromatic rings. The van der Waals surface area contributed by atoms with Gasteiger partial charge in [-0.3, -0.25) is 20.2 Å². The molecule has 0 fully saturated rings. The second-order valence-electron chi connectivity index (χ2n) is 3.70. The highest BCUT2D eigenvalue weighted by molar-refractivity contribution is 14.1. The fourth-order valence-electron chi connectivity index (χ4n) is 1.52. The minimum Gasteiger partial charge on any atom is -0.456 e. The van der Waals surface area contributed by atoms with Gasteiger partial charge in [0.15, 0.2) is 0 Å². The zero-order valence-electron chi connectivity index (χ0n) is 9.86. The number of hydrogen-bond donors (Lipinski definition) is 0. The molecule has 0 aliphatic rings. The number of nitro groups is 2. The lowest BCUT2D eigenvalue weighted by atomic mass is 10.2. The molecule has 0 radical (unpaired) electrons. The van der Waals surface area contributed by atoms with Gasteiger partial charge in [-0.1, -0.05) is 12.1 Å². The summed E-state index contributed by atoms with van der Waals surface area (Å²) in [5.74, 6) is 0.697. The molecule has 2 rings (SSSR count). The molecule has 0 atom stereocenters. The van der Waals surface area contributed by atoms with Crippen LogP contribution in [0.3, 0.4) is 0 Å². The predicted molar refractivity (Wildman–Crippen MR) is 79.0 cm³/mol. The molecule has 0 aromatic heterocycles. The Labute approximate surface area is 126 Å². The normalized spacial score (nSPS) is 10.1. The number of halogens is 1. The molecule has 0 spiro atoms. The first-order valence-corrected chi connectivity index (χ1v) is 6.42. The highest BCUT2D eigenvalue weighted by atomic mass is 127. The third-order valence-corrected chi connectivity index (χ3v) is 3.30. The van der Waals surface area contributed by atoms with Crippen molar-refractivity contribution in [1.82, 2.24) is 0 Å². The van der Waals surface area contributed by atoms with Crippen molar-refractivity contribution in [2.45, 2.75) is 0 Å². The van der Waals surface area contributed by atoms with Crippen LogP contribution in [0.2, 0.25) is 0 Å². The number of rotatable bonds is 4. The molecule has 8 heteroatoms. The first-order chi connectivity index (χ1) is 9.49. The summed E-state index contributed by atoms with van der Waals surface area (Å²) in [6.45, 7) is 0. The first kappa shape index (κ1) is 14.2. The molecule has 0 saturated carbocycles. The minimum atomic E-state index is -0.805. The molecule has 102 valence electrons.